The SMILES string of the molecule is CCC[C@@H]1CC[C@H]2[C@@H](CC[C@@H]3CC(c4cc(F)c(C#N)c(F)c4)CC[C@H]32)C1. The highest BCUT2D eigenvalue weighted by atomic mass is 19.1. The summed E-state index contributed by atoms with van der Waals surface area (Å²) in [5.74, 6) is 3.17. The van der Waals surface area contributed by atoms with Gasteiger partial charge in [-0.15, -0.1) is 0 Å². The first-order chi connectivity index (χ1) is 13.1. The Bertz CT molecular complexity index is 699. The predicted octanol–water partition coefficient (Wildman–Crippen LogP) is 6.96. The van der Waals surface area contributed by atoms with E-state index in [0.29, 0.717) is 0 Å². The molecule has 0 N–H and O–H groups in total. The molecule has 0 aromatic heterocycles. The lowest BCUT2D eigenvalue weighted by molar-refractivity contribution is 0.00539. The van der Waals surface area contributed by atoms with E-state index in [9.17, 15) is 8.78 Å². The fraction of sp³-hybridized carbons (Fsp3) is 0.708. The van der Waals surface area contributed by atoms with Gasteiger partial charge in [-0.05, 0) is 98.1 Å². The molecule has 0 spiro atoms. The monoisotopic (exact) mass is 371 g/mol. The second-order valence-electron chi connectivity index (χ2n) is 9.37. The maximum atomic E-state index is 14.1. The average Bonchev–Trinajstić information content (AvgIpc) is 2.67. The van der Waals surface area contributed by atoms with Crippen LogP contribution in [0.1, 0.15) is 88.2 Å². The van der Waals surface area contributed by atoms with Crippen LogP contribution in [0.15, 0.2) is 12.1 Å². The molecule has 0 radical (unpaired) electrons. The number of nitriles is 1. The van der Waals surface area contributed by atoms with Crippen LogP contribution < -0.4 is 0 Å². The molecule has 0 aliphatic heterocycles. The molecule has 1 unspecified atom stereocenters. The lowest BCUT2D eigenvalue weighted by Gasteiger charge is -2.51. The molecule has 0 saturated heterocycles. The molecule has 3 aliphatic carbocycles. The molecule has 27 heavy (non-hydrogen) atoms. The second-order valence-corrected chi connectivity index (χ2v) is 9.37. The quantitative estimate of drug-likeness (QED) is 0.563. The highest BCUT2D eigenvalue weighted by Crippen LogP contribution is 2.55. The first kappa shape index (κ1) is 18.9. The molecule has 146 valence electrons. The van der Waals surface area contributed by atoms with Gasteiger partial charge in [0.25, 0.3) is 0 Å². The molecule has 0 bridgehead atoms. The Morgan fingerprint density at radius 3 is 2.19 bits per heavy atom. The summed E-state index contributed by atoms with van der Waals surface area (Å²) in [5, 5.41) is 8.89. The van der Waals surface area contributed by atoms with E-state index in [1.165, 1.54) is 63.5 Å². The van der Waals surface area contributed by atoms with Crippen molar-refractivity contribution in [1.29, 1.82) is 5.26 Å². The predicted molar refractivity (Wildman–Crippen MR) is 103 cm³/mol. The molecule has 0 amide bonds. The number of halogens is 2. The molecule has 1 aromatic carbocycles. The third-order valence-electron chi connectivity index (χ3n) is 7.99. The Hall–Kier alpha value is -1.43. The lowest BCUT2D eigenvalue weighted by atomic mass is 9.55. The molecule has 3 aliphatic rings. The van der Waals surface area contributed by atoms with Gasteiger partial charge < -0.3 is 0 Å². The van der Waals surface area contributed by atoms with E-state index < -0.39 is 17.2 Å². The number of benzene rings is 1. The third-order valence-corrected chi connectivity index (χ3v) is 7.99. The van der Waals surface area contributed by atoms with Gasteiger partial charge in [0.15, 0.2) is 0 Å². The van der Waals surface area contributed by atoms with Crippen LogP contribution in [0.4, 0.5) is 8.78 Å². The number of fused-ring (bicyclic) bond motifs is 3. The van der Waals surface area contributed by atoms with Crippen molar-refractivity contribution in [2.24, 2.45) is 29.6 Å². The minimum absolute atomic E-state index is 0.246. The Balaban J connectivity index is 1.45. The van der Waals surface area contributed by atoms with E-state index in [0.717, 1.165) is 48.0 Å². The Morgan fingerprint density at radius 1 is 0.926 bits per heavy atom. The van der Waals surface area contributed by atoms with E-state index in [4.69, 9.17) is 5.26 Å². The van der Waals surface area contributed by atoms with Crippen molar-refractivity contribution in [2.75, 3.05) is 0 Å². The van der Waals surface area contributed by atoms with Gasteiger partial charge in [0.1, 0.15) is 23.3 Å². The number of rotatable bonds is 3. The number of nitrogens with zero attached hydrogens (tertiary/aromatic N) is 1. The van der Waals surface area contributed by atoms with Crippen molar-refractivity contribution in [3.63, 3.8) is 0 Å². The molecule has 0 heterocycles. The van der Waals surface area contributed by atoms with Crippen molar-refractivity contribution < 1.29 is 8.78 Å². The van der Waals surface area contributed by atoms with E-state index in [1.807, 2.05) is 0 Å². The zero-order valence-electron chi connectivity index (χ0n) is 16.4. The van der Waals surface area contributed by atoms with Crippen molar-refractivity contribution in [3.8, 4) is 6.07 Å². The van der Waals surface area contributed by atoms with Crippen LogP contribution in [0.3, 0.4) is 0 Å². The van der Waals surface area contributed by atoms with Gasteiger partial charge in [0.05, 0.1) is 0 Å². The van der Waals surface area contributed by atoms with E-state index >= 15 is 0 Å². The van der Waals surface area contributed by atoms with Crippen LogP contribution in [0.2, 0.25) is 0 Å². The van der Waals surface area contributed by atoms with Crippen molar-refractivity contribution >= 4 is 0 Å². The fourth-order valence-electron chi connectivity index (χ4n) is 6.80. The average molecular weight is 372 g/mol. The highest BCUT2D eigenvalue weighted by molar-refractivity contribution is 5.36. The highest BCUT2D eigenvalue weighted by Gasteiger charge is 2.44. The number of hydrogen-bond acceptors (Lipinski definition) is 1. The first-order valence-electron chi connectivity index (χ1n) is 11.0. The second kappa shape index (κ2) is 7.90. The van der Waals surface area contributed by atoms with Gasteiger partial charge in [-0.2, -0.15) is 5.26 Å². The molecular weight excluding hydrogens is 340 g/mol. The zero-order chi connectivity index (χ0) is 19.0. The lowest BCUT2D eigenvalue weighted by Crippen LogP contribution is -2.41. The summed E-state index contributed by atoms with van der Waals surface area (Å²) in [6, 6.07) is 4.45. The maximum absolute atomic E-state index is 14.1. The van der Waals surface area contributed by atoms with Crippen molar-refractivity contribution in [3.05, 3.63) is 34.9 Å². The van der Waals surface area contributed by atoms with E-state index in [2.05, 4.69) is 6.92 Å². The Kier molecular flexibility index (Phi) is 5.53. The normalized spacial score (nSPS) is 35.8. The zero-order valence-corrected chi connectivity index (χ0v) is 16.4. The van der Waals surface area contributed by atoms with E-state index in [-0.39, 0.29) is 5.92 Å². The van der Waals surface area contributed by atoms with Crippen LogP contribution in [-0.4, -0.2) is 0 Å². The minimum Gasteiger partial charge on any atom is -0.205 e. The summed E-state index contributed by atoms with van der Waals surface area (Å²) in [6.45, 7) is 2.30. The Labute approximate surface area is 162 Å². The smallest absolute Gasteiger partial charge is 0.144 e. The molecule has 4 rings (SSSR count). The van der Waals surface area contributed by atoms with Gasteiger partial charge >= 0.3 is 0 Å². The van der Waals surface area contributed by atoms with Gasteiger partial charge in [-0.1, -0.05) is 26.2 Å². The summed E-state index contributed by atoms with van der Waals surface area (Å²) < 4.78 is 28.1. The third kappa shape index (κ3) is 3.65. The maximum Gasteiger partial charge on any atom is 0.144 e. The van der Waals surface area contributed by atoms with E-state index in [1.54, 1.807) is 6.07 Å². The number of hydrogen-bond donors (Lipinski definition) is 0. The minimum atomic E-state index is -0.701. The van der Waals surface area contributed by atoms with Crippen LogP contribution >= 0.6 is 0 Å². The Morgan fingerprint density at radius 2 is 1.56 bits per heavy atom. The molecule has 6 atom stereocenters. The molecule has 3 saturated carbocycles. The largest absolute Gasteiger partial charge is 0.205 e. The molecule has 3 heteroatoms. The molecule has 1 nitrogen and oxygen atoms in total. The van der Waals surface area contributed by atoms with Crippen molar-refractivity contribution in [1.82, 2.24) is 0 Å². The van der Waals surface area contributed by atoms with Gasteiger partial charge in [-0.3, -0.25) is 0 Å². The fourth-order valence-corrected chi connectivity index (χ4v) is 6.80. The summed E-state index contributed by atoms with van der Waals surface area (Å²) in [4.78, 5) is 0. The summed E-state index contributed by atoms with van der Waals surface area (Å²) in [7, 11) is 0. The van der Waals surface area contributed by atoms with Crippen LogP contribution in [0.25, 0.3) is 0 Å². The summed E-state index contributed by atoms with van der Waals surface area (Å²) in [5.41, 5.74) is 0.313. The molecule has 3 fully saturated rings. The topological polar surface area (TPSA) is 23.8 Å². The molecular formula is C24H31F2N. The van der Waals surface area contributed by atoms with Crippen LogP contribution in [0, 0.1) is 52.6 Å². The molecule has 1 aromatic rings. The van der Waals surface area contributed by atoms with Crippen molar-refractivity contribution in [2.45, 2.75) is 77.0 Å². The summed E-state index contributed by atoms with van der Waals surface area (Å²) in [6.07, 6.45) is 12.9. The first-order valence-corrected chi connectivity index (χ1v) is 11.0. The van der Waals surface area contributed by atoms with Gasteiger partial charge in [-0.25, -0.2) is 8.78 Å². The van der Waals surface area contributed by atoms with Gasteiger partial charge in [0, 0.05) is 0 Å². The van der Waals surface area contributed by atoms with Gasteiger partial charge in [0.2, 0.25) is 0 Å². The summed E-state index contributed by atoms with van der Waals surface area (Å²) >= 11 is 0. The van der Waals surface area contributed by atoms with Crippen LogP contribution in [-0.2, 0) is 0 Å². The van der Waals surface area contributed by atoms with Crippen LogP contribution in [0.5, 0.6) is 0 Å². The standard InChI is InChI=1S/C24H31F2N/c1-2-3-15-4-8-20-17(10-15)5-6-18-11-16(7-9-21(18)20)19-12-23(25)22(14-27)24(26)13-19/h12-13,15-18,20-21H,2-11H2,1H3/t15-,16?,17+,18-,20+,21-/m1/s1.